The van der Waals surface area contributed by atoms with Gasteiger partial charge in [-0.1, -0.05) is 31.7 Å². The summed E-state index contributed by atoms with van der Waals surface area (Å²) in [6.07, 6.45) is 12.3. The lowest BCUT2D eigenvalue weighted by Crippen LogP contribution is -2.29. The highest BCUT2D eigenvalue weighted by molar-refractivity contribution is 6.06. The minimum absolute atomic E-state index is 0.109. The quantitative estimate of drug-likeness (QED) is 0.587. The number of nitrogens with zero attached hydrogens (tertiary/aromatic N) is 5. The van der Waals surface area contributed by atoms with E-state index in [9.17, 15) is 9.59 Å². The van der Waals surface area contributed by atoms with Crippen LogP contribution in [0, 0.1) is 0 Å². The minimum atomic E-state index is -0.190. The van der Waals surface area contributed by atoms with Crippen LogP contribution in [0.1, 0.15) is 84.4 Å². The topological polar surface area (TPSA) is 85.1 Å². The molecule has 2 aliphatic rings. The molecule has 8 heteroatoms. The summed E-state index contributed by atoms with van der Waals surface area (Å²) < 4.78 is 3.73. The number of anilines is 2. The molecule has 2 heterocycles. The molecule has 2 aromatic heterocycles. The van der Waals surface area contributed by atoms with E-state index in [0.29, 0.717) is 34.8 Å². The van der Waals surface area contributed by atoms with E-state index in [1.54, 1.807) is 36.5 Å². The third-order valence-corrected chi connectivity index (χ3v) is 6.93. The summed E-state index contributed by atoms with van der Waals surface area (Å²) in [5.41, 5.74) is 2.51. The second kappa shape index (κ2) is 9.21. The van der Waals surface area contributed by atoms with Crippen molar-refractivity contribution >= 4 is 23.2 Å². The Morgan fingerprint density at radius 2 is 1.45 bits per heavy atom. The van der Waals surface area contributed by atoms with Crippen LogP contribution in [0.25, 0.3) is 0 Å². The number of hydrogen-bond acceptors (Lipinski definition) is 4. The molecule has 2 amide bonds. The first-order valence-corrected chi connectivity index (χ1v) is 11.9. The van der Waals surface area contributed by atoms with Crippen molar-refractivity contribution in [1.29, 1.82) is 0 Å². The third-order valence-electron chi connectivity index (χ3n) is 6.93. The average molecular weight is 447 g/mol. The van der Waals surface area contributed by atoms with Crippen molar-refractivity contribution in [1.82, 2.24) is 19.6 Å². The van der Waals surface area contributed by atoms with Gasteiger partial charge < -0.3 is 10.2 Å². The third kappa shape index (κ3) is 4.29. The molecule has 2 fully saturated rings. The molecule has 0 saturated heterocycles. The number of aromatic nitrogens is 4. The lowest BCUT2D eigenvalue weighted by molar-refractivity contribution is 0.0978. The predicted octanol–water partition coefficient (Wildman–Crippen LogP) is 4.84. The van der Waals surface area contributed by atoms with Crippen LogP contribution in [0.3, 0.4) is 0 Å². The Kier molecular flexibility index (Phi) is 5.98. The number of benzene rings is 1. The van der Waals surface area contributed by atoms with Gasteiger partial charge in [-0.3, -0.25) is 19.0 Å². The molecular formula is C25H30N6O2. The number of hydrogen-bond donors (Lipinski definition) is 1. The van der Waals surface area contributed by atoms with Crippen molar-refractivity contribution in [3.63, 3.8) is 0 Å². The first-order chi connectivity index (χ1) is 16.1. The summed E-state index contributed by atoms with van der Waals surface area (Å²) in [4.78, 5) is 27.9. The normalized spacial score (nSPS) is 16.9. The summed E-state index contributed by atoms with van der Waals surface area (Å²) >= 11 is 0. The van der Waals surface area contributed by atoms with Crippen LogP contribution in [0.15, 0.2) is 48.8 Å². The van der Waals surface area contributed by atoms with Gasteiger partial charge in [0.15, 0.2) is 0 Å². The van der Waals surface area contributed by atoms with Gasteiger partial charge in [0.2, 0.25) is 0 Å². The van der Waals surface area contributed by atoms with Crippen molar-refractivity contribution in [2.75, 3.05) is 17.3 Å². The van der Waals surface area contributed by atoms with Gasteiger partial charge in [0.1, 0.15) is 11.4 Å². The second-order valence-electron chi connectivity index (χ2n) is 9.07. The van der Waals surface area contributed by atoms with E-state index in [0.717, 1.165) is 25.7 Å². The van der Waals surface area contributed by atoms with Crippen molar-refractivity contribution in [3.05, 3.63) is 60.2 Å². The zero-order valence-corrected chi connectivity index (χ0v) is 19.0. The Labute approximate surface area is 193 Å². The monoisotopic (exact) mass is 446 g/mol. The maximum absolute atomic E-state index is 13.3. The van der Waals surface area contributed by atoms with E-state index < -0.39 is 0 Å². The van der Waals surface area contributed by atoms with E-state index in [4.69, 9.17) is 0 Å². The average Bonchev–Trinajstić information content (AvgIpc) is 3.64. The minimum Gasteiger partial charge on any atom is -0.321 e. The van der Waals surface area contributed by atoms with Crippen LogP contribution in [0.2, 0.25) is 0 Å². The molecular weight excluding hydrogens is 416 g/mol. The highest BCUT2D eigenvalue weighted by Crippen LogP contribution is 2.31. The number of carbonyl (C=O) groups is 2. The van der Waals surface area contributed by atoms with E-state index in [-0.39, 0.29) is 11.8 Å². The standard InChI is InChI=1S/C25H30N6O2/c1-29(25(33)23-14-16-27-31(23)20-10-4-5-11-20)21-12-6-7-18(17-21)28-24(32)22-13-15-26-30(22)19-8-2-3-9-19/h6-7,12-17,19-20H,2-5,8-11H2,1H3,(H,28,32). The summed E-state index contributed by atoms with van der Waals surface area (Å²) in [7, 11) is 1.75. The van der Waals surface area contributed by atoms with Gasteiger partial charge >= 0.3 is 0 Å². The molecule has 0 atom stereocenters. The summed E-state index contributed by atoms with van der Waals surface area (Å²) in [5, 5.41) is 11.8. The predicted molar refractivity (Wildman–Crippen MR) is 127 cm³/mol. The number of rotatable bonds is 6. The van der Waals surface area contributed by atoms with Gasteiger partial charge in [-0.2, -0.15) is 10.2 Å². The van der Waals surface area contributed by atoms with Crippen LogP contribution in [0.4, 0.5) is 11.4 Å². The molecule has 0 radical (unpaired) electrons. The molecule has 172 valence electrons. The molecule has 1 aromatic carbocycles. The Morgan fingerprint density at radius 3 is 2.09 bits per heavy atom. The number of amides is 2. The summed E-state index contributed by atoms with van der Waals surface area (Å²) in [6.45, 7) is 0. The van der Waals surface area contributed by atoms with Crippen LogP contribution in [-0.2, 0) is 0 Å². The van der Waals surface area contributed by atoms with Crippen molar-refractivity contribution in [3.8, 4) is 0 Å². The molecule has 0 spiro atoms. The number of nitrogens with one attached hydrogen (secondary N) is 1. The van der Waals surface area contributed by atoms with Crippen LogP contribution in [-0.4, -0.2) is 38.4 Å². The highest BCUT2D eigenvalue weighted by atomic mass is 16.2. The van der Waals surface area contributed by atoms with Crippen molar-refractivity contribution < 1.29 is 9.59 Å². The fraction of sp³-hybridized carbons (Fsp3) is 0.440. The van der Waals surface area contributed by atoms with Crippen LogP contribution in [0.5, 0.6) is 0 Å². The first-order valence-electron chi connectivity index (χ1n) is 11.9. The molecule has 2 saturated carbocycles. The highest BCUT2D eigenvalue weighted by Gasteiger charge is 2.25. The zero-order valence-electron chi connectivity index (χ0n) is 19.0. The maximum atomic E-state index is 13.3. The molecule has 0 unspecified atom stereocenters. The van der Waals surface area contributed by atoms with E-state index in [2.05, 4.69) is 15.5 Å². The Hall–Kier alpha value is -3.42. The van der Waals surface area contributed by atoms with Crippen molar-refractivity contribution in [2.45, 2.75) is 63.5 Å². The van der Waals surface area contributed by atoms with E-state index in [1.165, 1.54) is 25.7 Å². The first kappa shape index (κ1) is 21.4. The molecule has 3 aromatic rings. The Balaban J connectivity index is 1.31. The fourth-order valence-electron chi connectivity index (χ4n) is 5.13. The van der Waals surface area contributed by atoms with E-state index >= 15 is 0 Å². The Bertz CT molecular complexity index is 1140. The van der Waals surface area contributed by atoms with Gasteiger partial charge in [0.25, 0.3) is 11.8 Å². The van der Waals surface area contributed by atoms with Gasteiger partial charge in [0.05, 0.1) is 12.1 Å². The van der Waals surface area contributed by atoms with Gasteiger partial charge in [-0.05, 0) is 56.0 Å². The molecule has 0 aliphatic heterocycles. The van der Waals surface area contributed by atoms with Crippen LogP contribution >= 0.6 is 0 Å². The fourth-order valence-corrected chi connectivity index (χ4v) is 5.13. The largest absolute Gasteiger partial charge is 0.321 e. The SMILES string of the molecule is CN(C(=O)c1ccnn1C1CCCC1)c1cccc(NC(=O)c2ccnn2C2CCCC2)c1. The molecule has 2 aliphatic carbocycles. The van der Waals surface area contributed by atoms with Gasteiger partial charge in [-0.15, -0.1) is 0 Å². The van der Waals surface area contributed by atoms with Gasteiger partial charge in [0, 0.05) is 30.8 Å². The molecule has 33 heavy (non-hydrogen) atoms. The molecule has 5 rings (SSSR count). The van der Waals surface area contributed by atoms with Crippen molar-refractivity contribution in [2.24, 2.45) is 0 Å². The summed E-state index contributed by atoms with van der Waals surface area (Å²) in [5.74, 6) is -0.299. The summed E-state index contributed by atoms with van der Waals surface area (Å²) in [6, 6.07) is 11.5. The maximum Gasteiger partial charge on any atom is 0.276 e. The Morgan fingerprint density at radius 1 is 0.879 bits per heavy atom. The molecule has 0 bridgehead atoms. The van der Waals surface area contributed by atoms with Gasteiger partial charge in [-0.25, -0.2) is 0 Å². The second-order valence-corrected chi connectivity index (χ2v) is 9.07. The lowest BCUT2D eigenvalue weighted by atomic mass is 10.2. The smallest absolute Gasteiger partial charge is 0.276 e. The molecule has 8 nitrogen and oxygen atoms in total. The zero-order chi connectivity index (χ0) is 22.8. The number of carbonyl (C=O) groups excluding carboxylic acids is 2. The lowest BCUT2D eigenvalue weighted by Gasteiger charge is -2.21. The van der Waals surface area contributed by atoms with E-state index in [1.807, 2.05) is 33.6 Å². The van der Waals surface area contributed by atoms with Crippen LogP contribution < -0.4 is 10.2 Å². The molecule has 1 N–H and O–H groups in total.